The maximum Gasteiger partial charge on any atom is 0.226 e. The minimum absolute atomic E-state index is 0.00165. The molecule has 0 heterocycles. The van der Waals surface area contributed by atoms with Crippen LogP contribution >= 0.6 is 15.9 Å². The maximum absolute atomic E-state index is 12.9. The molecule has 108 valence electrons. The van der Waals surface area contributed by atoms with Crippen molar-refractivity contribution in [1.29, 1.82) is 0 Å². The lowest BCUT2D eigenvalue weighted by Gasteiger charge is -2.56. The average Bonchev–Trinajstić information content (AvgIpc) is 2.25. The predicted octanol–water partition coefficient (Wildman–Crippen LogP) is 3.88. The summed E-state index contributed by atoms with van der Waals surface area (Å²) in [5.41, 5.74) is -0.0811. The van der Waals surface area contributed by atoms with E-state index in [-0.39, 0.29) is 11.0 Å². The fraction of sp³-hybridized carbons (Fsp3) is 0.938. The summed E-state index contributed by atoms with van der Waals surface area (Å²) in [5.74, 6) is 2.89. The van der Waals surface area contributed by atoms with Gasteiger partial charge < -0.3 is 5.32 Å². The van der Waals surface area contributed by atoms with Gasteiger partial charge in [0.15, 0.2) is 0 Å². The molecule has 2 nitrogen and oxygen atoms in total. The van der Waals surface area contributed by atoms with Crippen LogP contribution in [0.3, 0.4) is 0 Å². The molecule has 0 aromatic rings. The Hall–Kier alpha value is -0.0500. The molecule has 0 aromatic carbocycles. The maximum atomic E-state index is 12.9. The number of nitrogens with one attached hydrogen (secondary N) is 1. The van der Waals surface area contributed by atoms with E-state index in [0.717, 1.165) is 48.8 Å². The summed E-state index contributed by atoms with van der Waals surface area (Å²) in [7, 11) is 0. The van der Waals surface area contributed by atoms with Gasteiger partial charge in [-0.2, -0.15) is 0 Å². The highest BCUT2D eigenvalue weighted by atomic mass is 79.9. The highest BCUT2D eigenvalue weighted by Gasteiger charge is 2.54. The van der Waals surface area contributed by atoms with Crippen molar-refractivity contribution in [3.63, 3.8) is 0 Å². The molecule has 3 heteroatoms. The van der Waals surface area contributed by atoms with Gasteiger partial charge in [0.25, 0.3) is 0 Å². The van der Waals surface area contributed by atoms with Crippen molar-refractivity contribution < 1.29 is 4.79 Å². The Morgan fingerprint density at radius 1 is 1.16 bits per heavy atom. The van der Waals surface area contributed by atoms with Gasteiger partial charge in [-0.15, -0.1) is 0 Å². The van der Waals surface area contributed by atoms with Crippen molar-refractivity contribution >= 4 is 21.8 Å². The highest BCUT2D eigenvalue weighted by molar-refractivity contribution is 9.09. The molecular formula is C16H26BrNO. The van der Waals surface area contributed by atoms with E-state index in [1.807, 2.05) is 0 Å². The first-order valence-electron chi connectivity index (χ1n) is 7.81. The fourth-order valence-electron chi connectivity index (χ4n) is 5.13. The molecule has 4 rings (SSSR count). The molecule has 19 heavy (non-hydrogen) atoms. The van der Waals surface area contributed by atoms with Gasteiger partial charge in [0.1, 0.15) is 0 Å². The Kier molecular flexibility index (Phi) is 3.48. The standard InChI is InChI=1S/C16H26BrNO/c1-15(2,3-4-17)18-14(19)16-8-11-5-12(9-16)7-13(6-11)10-16/h11-13H,3-10H2,1-2H3,(H,18,19). The van der Waals surface area contributed by atoms with Gasteiger partial charge in [-0.1, -0.05) is 15.9 Å². The summed E-state index contributed by atoms with van der Waals surface area (Å²) in [5, 5.41) is 4.29. The van der Waals surface area contributed by atoms with Crippen LogP contribution in [0, 0.1) is 23.2 Å². The molecule has 0 spiro atoms. The van der Waals surface area contributed by atoms with Crippen molar-refractivity contribution in [1.82, 2.24) is 5.32 Å². The van der Waals surface area contributed by atoms with Gasteiger partial charge in [-0.25, -0.2) is 0 Å². The Morgan fingerprint density at radius 3 is 2.05 bits per heavy atom. The van der Waals surface area contributed by atoms with Crippen molar-refractivity contribution in [3.05, 3.63) is 0 Å². The summed E-state index contributed by atoms with van der Waals surface area (Å²) in [6.45, 7) is 4.29. The summed E-state index contributed by atoms with van der Waals surface area (Å²) >= 11 is 3.49. The first-order valence-corrected chi connectivity index (χ1v) is 8.93. The average molecular weight is 328 g/mol. The first-order chi connectivity index (χ1) is 8.92. The Bertz CT molecular complexity index is 342. The van der Waals surface area contributed by atoms with Crippen molar-refractivity contribution in [2.45, 2.75) is 64.3 Å². The molecule has 4 saturated carbocycles. The Morgan fingerprint density at radius 2 is 1.63 bits per heavy atom. The Balaban J connectivity index is 1.73. The molecule has 0 aromatic heterocycles. The molecule has 0 saturated heterocycles. The summed E-state index contributed by atoms with van der Waals surface area (Å²) < 4.78 is 0. The molecule has 0 aliphatic heterocycles. The lowest BCUT2D eigenvalue weighted by atomic mass is 9.49. The second-order valence-corrected chi connectivity index (χ2v) is 8.77. The number of halogens is 1. The van der Waals surface area contributed by atoms with Gasteiger partial charge in [0.2, 0.25) is 5.91 Å². The van der Waals surface area contributed by atoms with Crippen LogP contribution in [0.15, 0.2) is 0 Å². The van der Waals surface area contributed by atoms with E-state index in [0.29, 0.717) is 5.91 Å². The van der Waals surface area contributed by atoms with Gasteiger partial charge in [-0.3, -0.25) is 4.79 Å². The minimum atomic E-state index is -0.0794. The van der Waals surface area contributed by atoms with E-state index in [4.69, 9.17) is 0 Å². The van der Waals surface area contributed by atoms with Gasteiger partial charge in [0.05, 0.1) is 0 Å². The SMILES string of the molecule is CC(C)(CCBr)NC(=O)C12CC3CC(CC(C3)C1)C2. The van der Waals surface area contributed by atoms with Crippen LogP contribution in [0.2, 0.25) is 0 Å². The summed E-state index contributed by atoms with van der Waals surface area (Å²) in [6, 6.07) is 0. The van der Waals surface area contributed by atoms with Gasteiger partial charge in [-0.05, 0) is 76.5 Å². The normalized spacial score (nSPS) is 40.5. The second-order valence-electron chi connectivity index (χ2n) is 7.97. The minimum Gasteiger partial charge on any atom is -0.351 e. The summed E-state index contributed by atoms with van der Waals surface area (Å²) in [4.78, 5) is 12.9. The molecular weight excluding hydrogens is 302 g/mol. The molecule has 4 fully saturated rings. The van der Waals surface area contributed by atoms with Crippen LogP contribution in [0.25, 0.3) is 0 Å². The van der Waals surface area contributed by atoms with Crippen LogP contribution in [0.1, 0.15) is 58.8 Å². The molecule has 4 aliphatic rings. The number of amides is 1. The molecule has 0 unspecified atom stereocenters. The number of carbonyl (C=O) groups excluding carboxylic acids is 1. The van der Waals surface area contributed by atoms with Crippen molar-refractivity contribution in [2.75, 3.05) is 5.33 Å². The third-order valence-corrected chi connectivity index (χ3v) is 6.09. The number of carbonyl (C=O) groups is 1. The van der Waals surface area contributed by atoms with Crippen LogP contribution in [0.5, 0.6) is 0 Å². The van der Waals surface area contributed by atoms with E-state index < -0.39 is 0 Å². The molecule has 0 radical (unpaired) electrons. The smallest absolute Gasteiger partial charge is 0.226 e. The van der Waals surface area contributed by atoms with Crippen LogP contribution < -0.4 is 5.32 Å². The molecule has 4 bridgehead atoms. The lowest BCUT2D eigenvalue weighted by Crippen LogP contribution is -2.57. The zero-order chi connectivity index (χ0) is 13.7. The lowest BCUT2D eigenvalue weighted by molar-refractivity contribution is -0.148. The van der Waals surface area contributed by atoms with E-state index in [1.54, 1.807) is 0 Å². The zero-order valence-corrected chi connectivity index (χ0v) is 13.8. The first kappa shape index (κ1) is 13.9. The third-order valence-electron chi connectivity index (χ3n) is 5.69. The van der Waals surface area contributed by atoms with E-state index >= 15 is 0 Å². The van der Waals surface area contributed by atoms with Crippen molar-refractivity contribution in [3.8, 4) is 0 Å². The molecule has 1 N–H and O–H groups in total. The predicted molar refractivity (Wildman–Crippen MR) is 81.2 cm³/mol. The number of alkyl halides is 1. The molecule has 0 atom stereocenters. The van der Waals surface area contributed by atoms with E-state index in [9.17, 15) is 4.79 Å². The second kappa shape index (κ2) is 4.75. The fourth-order valence-corrected chi connectivity index (χ4v) is 6.12. The molecule has 4 aliphatic carbocycles. The van der Waals surface area contributed by atoms with E-state index in [1.165, 1.54) is 19.3 Å². The highest BCUT2D eigenvalue weighted by Crippen LogP contribution is 2.60. The largest absolute Gasteiger partial charge is 0.351 e. The zero-order valence-electron chi connectivity index (χ0n) is 12.2. The van der Waals surface area contributed by atoms with Gasteiger partial charge in [0, 0.05) is 16.3 Å². The number of hydrogen-bond donors (Lipinski definition) is 1. The van der Waals surface area contributed by atoms with Gasteiger partial charge >= 0.3 is 0 Å². The summed E-state index contributed by atoms with van der Waals surface area (Å²) in [6.07, 6.45) is 8.68. The van der Waals surface area contributed by atoms with Crippen LogP contribution in [-0.2, 0) is 4.79 Å². The molecule has 1 amide bonds. The number of hydrogen-bond acceptors (Lipinski definition) is 1. The van der Waals surface area contributed by atoms with E-state index in [2.05, 4.69) is 35.1 Å². The Labute approximate surface area is 125 Å². The van der Waals surface area contributed by atoms with Crippen molar-refractivity contribution in [2.24, 2.45) is 23.2 Å². The topological polar surface area (TPSA) is 29.1 Å². The van der Waals surface area contributed by atoms with Crippen LogP contribution in [0.4, 0.5) is 0 Å². The quantitative estimate of drug-likeness (QED) is 0.780. The third kappa shape index (κ3) is 2.59. The monoisotopic (exact) mass is 327 g/mol. The van der Waals surface area contributed by atoms with Crippen LogP contribution in [-0.4, -0.2) is 16.8 Å². The number of rotatable bonds is 4.